The molecule has 0 heterocycles. The van der Waals surface area contributed by atoms with Crippen molar-refractivity contribution in [3.05, 3.63) is 30.3 Å². The monoisotopic (exact) mass is 260 g/mol. The van der Waals surface area contributed by atoms with E-state index in [4.69, 9.17) is 4.74 Å². The maximum absolute atomic E-state index is 5.82. The molecule has 1 heteroatoms. The fraction of sp³-hybridized carbons (Fsp3) is 0.667. The predicted molar refractivity (Wildman–Crippen MR) is 81.6 cm³/mol. The van der Waals surface area contributed by atoms with Crippen LogP contribution in [-0.2, 0) is 0 Å². The van der Waals surface area contributed by atoms with E-state index in [1.807, 2.05) is 30.3 Å². The molecular formula is C18H28O. The van der Waals surface area contributed by atoms with E-state index in [-0.39, 0.29) is 0 Å². The van der Waals surface area contributed by atoms with Gasteiger partial charge in [-0.1, -0.05) is 50.8 Å². The molecule has 1 aromatic carbocycles. The molecule has 0 atom stereocenters. The van der Waals surface area contributed by atoms with Crippen molar-refractivity contribution >= 4 is 0 Å². The van der Waals surface area contributed by atoms with Crippen molar-refractivity contribution in [1.29, 1.82) is 0 Å². The van der Waals surface area contributed by atoms with Crippen LogP contribution in [0.25, 0.3) is 0 Å². The molecule has 106 valence electrons. The number of hydrogen-bond acceptors (Lipinski definition) is 1. The highest BCUT2D eigenvalue weighted by Gasteiger charge is 2.30. The van der Waals surface area contributed by atoms with Crippen LogP contribution in [0.3, 0.4) is 0 Å². The van der Waals surface area contributed by atoms with Crippen molar-refractivity contribution in [2.45, 2.75) is 64.7 Å². The molecule has 0 aromatic heterocycles. The smallest absolute Gasteiger partial charge is 0.119 e. The Bertz CT molecular complexity index is 332. The third kappa shape index (κ3) is 4.56. The van der Waals surface area contributed by atoms with E-state index in [0.717, 1.165) is 12.4 Å². The van der Waals surface area contributed by atoms with E-state index in [2.05, 4.69) is 6.92 Å². The van der Waals surface area contributed by atoms with Gasteiger partial charge in [-0.2, -0.15) is 0 Å². The number of benzene rings is 1. The van der Waals surface area contributed by atoms with Gasteiger partial charge < -0.3 is 4.74 Å². The van der Waals surface area contributed by atoms with Crippen molar-refractivity contribution in [2.24, 2.45) is 5.41 Å². The van der Waals surface area contributed by atoms with E-state index in [1.165, 1.54) is 57.8 Å². The van der Waals surface area contributed by atoms with Crippen LogP contribution < -0.4 is 4.74 Å². The minimum atomic E-state index is 0.646. The number of rotatable bonds is 7. The summed E-state index contributed by atoms with van der Waals surface area (Å²) in [5.41, 5.74) is 0.646. The van der Waals surface area contributed by atoms with E-state index < -0.39 is 0 Å². The van der Waals surface area contributed by atoms with Gasteiger partial charge in [0, 0.05) is 0 Å². The molecule has 0 spiro atoms. The summed E-state index contributed by atoms with van der Waals surface area (Å²) in [4.78, 5) is 0. The van der Waals surface area contributed by atoms with E-state index >= 15 is 0 Å². The van der Waals surface area contributed by atoms with Gasteiger partial charge in [0.05, 0.1) is 6.61 Å². The van der Waals surface area contributed by atoms with Crippen molar-refractivity contribution in [3.63, 3.8) is 0 Å². The highest BCUT2D eigenvalue weighted by molar-refractivity contribution is 5.20. The van der Waals surface area contributed by atoms with Crippen LogP contribution in [-0.4, -0.2) is 6.61 Å². The Kier molecular flexibility index (Phi) is 5.75. The second-order valence-electron chi connectivity index (χ2n) is 6.08. The molecule has 0 saturated heterocycles. The Morgan fingerprint density at radius 1 is 1.00 bits per heavy atom. The quantitative estimate of drug-likeness (QED) is 0.580. The fourth-order valence-corrected chi connectivity index (χ4v) is 3.61. The Labute approximate surface area is 118 Å². The van der Waals surface area contributed by atoms with E-state index in [0.29, 0.717) is 5.41 Å². The highest BCUT2D eigenvalue weighted by Crippen LogP contribution is 2.43. The first-order chi connectivity index (χ1) is 9.35. The first-order valence-corrected chi connectivity index (χ1v) is 8.02. The average molecular weight is 260 g/mol. The fourth-order valence-electron chi connectivity index (χ4n) is 3.61. The van der Waals surface area contributed by atoms with Crippen LogP contribution >= 0.6 is 0 Å². The van der Waals surface area contributed by atoms with Crippen LogP contribution in [0.2, 0.25) is 0 Å². The lowest BCUT2D eigenvalue weighted by molar-refractivity contribution is 0.141. The summed E-state index contributed by atoms with van der Waals surface area (Å²) in [7, 11) is 0. The second-order valence-corrected chi connectivity index (χ2v) is 6.08. The summed E-state index contributed by atoms with van der Waals surface area (Å²) in [6.45, 7) is 3.20. The average Bonchev–Trinajstić information content (AvgIpc) is 2.46. The summed E-state index contributed by atoms with van der Waals surface area (Å²) in [6, 6.07) is 10.2. The van der Waals surface area contributed by atoms with Gasteiger partial charge in [-0.15, -0.1) is 0 Å². The zero-order chi connectivity index (χ0) is 13.4. The molecule has 0 radical (unpaired) electrons. The van der Waals surface area contributed by atoms with Crippen LogP contribution in [0.4, 0.5) is 0 Å². The number of ether oxygens (including phenoxy) is 1. The maximum atomic E-state index is 5.82. The van der Waals surface area contributed by atoms with E-state index in [1.54, 1.807) is 0 Å². The SMILES string of the molecule is CCCC1(CCCOc2ccccc2)CCCCC1. The first kappa shape index (κ1) is 14.4. The largest absolute Gasteiger partial charge is 0.494 e. The minimum absolute atomic E-state index is 0.646. The molecule has 0 aliphatic heterocycles. The third-order valence-corrected chi connectivity index (χ3v) is 4.56. The van der Waals surface area contributed by atoms with Gasteiger partial charge in [0.1, 0.15) is 5.75 Å². The lowest BCUT2D eigenvalue weighted by Crippen LogP contribution is -2.24. The summed E-state index contributed by atoms with van der Waals surface area (Å²) in [5.74, 6) is 1.01. The molecule has 19 heavy (non-hydrogen) atoms. The van der Waals surface area contributed by atoms with Gasteiger partial charge in [0.25, 0.3) is 0 Å². The van der Waals surface area contributed by atoms with Crippen molar-refractivity contribution in [1.82, 2.24) is 0 Å². The van der Waals surface area contributed by atoms with Crippen molar-refractivity contribution in [2.75, 3.05) is 6.61 Å². The zero-order valence-corrected chi connectivity index (χ0v) is 12.4. The Hall–Kier alpha value is -0.980. The molecule has 0 amide bonds. The van der Waals surface area contributed by atoms with Gasteiger partial charge in [-0.3, -0.25) is 0 Å². The summed E-state index contributed by atoms with van der Waals surface area (Å²) in [6.07, 6.45) is 12.5. The third-order valence-electron chi connectivity index (χ3n) is 4.56. The molecule has 1 nitrogen and oxygen atoms in total. The molecular weight excluding hydrogens is 232 g/mol. The summed E-state index contributed by atoms with van der Waals surface area (Å²) >= 11 is 0. The van der Waals surface area contributed by atoms with Crippen LogP contribution in [0.5, 0.6) is 5.75 Å². The maximum Gasteiger partial charge on any atom is 0.119 e. The van der Waals surface area contributed by atoms with Crippen LogP contribution in [0.15, 0.2) is 30.3 Å². The highest BCUT2D eigenvalue weighted by atomic mass is 16.5. The van der Waals surface area contributed by atoms with Gasteiger partial charge in [0.15, 0.2) is 0 Å². The molecule has 1 aromatic rings. The molecule has 0 unspecified atom stereocenters. The normalized spacial score (nSPS) is 18.2. The van der Waals surface area contributed by atoms with Gasteiger partial charge >= 0.3 is 0 Å². The predicted octanol–water partition coefficient (Wildman–Crippen LogP) is 5.60. The minimum Gasteiger partial charge on any atom is -0.494 e. The van der Waals surface area contributed by atoms with Gasteiger partial charge in [0.2, 0.25) is 0 Å². The number of hydrogen-bond donors (Lipinski definition) is 0. The molecule has 0 N–H and O–H groups in total. The Morgan fingerprint density at radius 2 is 1.74 bits per heavy atom. The van der Waals surface area contributed by atoms with Gasteiger partial charge in [-0.25, -0.2) is 0 Å². The Balaban J connectivity index is 1.73. The van der Waals surface area contributed by atoms with E-state index in [9.17, 15) is 0 Å². The lowest BCUT2D eigenvalue weighted by atomic mass is 9.68. The first-order valence-electron chi connectivity index (χ1n) is 8.02. The van der Waals surface area contributed by atoms with Crippen molar-refractivity contribution in [3.8, 4) is 5.75 Å². The summed E-state index contributed by atoms with van der Waals surface area (Å²) < 4.78 is 5.82. The molecule has 0 bridgehead atoms. The second kappa shape index (κ2) is 7.57. The Morgan fingerprint density at radius 3 is 2.42 bits per heavy atom. The molecule has 2 rings (SSSR count). The molecule has 1 aliphatic rings. The lowest BCUT2D eigenvalue weighted by Gasteiger charge is -2.37. The number of para-hydroxylation sites is 1. The molecule has 1 fully saturated rings. The molecule has 1 saturated carbocycles. The van der Waals surface area contributed by atoms with Crippen LogP contribution in [0, 0.1) is 5.41 Å². The van der Waals surface area contributed by atoms with Crippen LogP contribution in [0.1, 0.15) is 64.7 Å². The zero-order valence-electron chi connectivity index (χ0n) is 12.4. The van der Waals surface area contributed by atoms with Crippen molar-refractivity contribution < 1.29 is 4.74 Å². The topological polar surface area (TPSA) is 9.23 Å². The summed E-state index contributed by atoms with van der Waals surface area (Å²) in [5, 5.41) is 0. The molecule has 1 aliphatic carbocycles. The standard InChI is InChI=1S/C18H28O/c1-2-12-18(13-7-4-8-14-18)15-9-16-19-17-10-5-3-6-11-17/h3,5-6,10-11H,2,4,7-9,12-16H2,1H3. The van der Waals surface area contributed by atoms with Gasteiger partial charge in [-0.05, 0) is 49.7 Å².